The fraction of sp³-hybridized carbons (Fsp3) is 0.800. The van der Waals surface area contributed by atoms with E-state index in [9.17, 15) is 9.59 Å². The van der Waals surface area contributed by atoms with Crippen molar-refractivity contribution < 1.29 is 19.4 Å². The molecule has 6 heteroatoms. The van der Waals surface area contributed by atoms with Crippen LogP contribution < -0.4 is 10.6 Å². The van der Waals surface area contributed by atoms with Crippen molar-refractivity contribution in [1.29, 1.82) is 0 Å². The van der Waals surface area contributed by atoms with Crippen LogP contribution in [-0.4, -0.2) is 43.4 Å². The highest BCUT2D eigenvalue weighted by Gasteiger charge is 2.32. The van der Waals surface area contributed by atoms with Crippen molar-refractivity contribution in [3.63, 3.8) is 0 Å². The molecule has 94 valence electrons. The van der Waals surface area contributed by atoms with Crippen LogP contribution in [0, 0.1) is 5.41 Å². The number of carbonyl (C=O) groups excluding carboxylic acids is 1. The van der Waals surface area contributed by atoms with Crippen molar-refractivity contribution in [2.45, 2.75) is 26.8 Å². The number of hydrogen-bond acceptors (Lipinski definition) is 3. The molecule has 0 bridgehead atoms. The summed E-state index contributed by atoms with van der Waals surface area (Å²) in [5, 5.41) is 13.9. The minimum Gasteiger partial charge on any atom is -0.480 e. The first-order valence-electron chi connectivity index (χ1n) is 5.05. The summed E-state index contributed by atoms with van der Waals surface area (Å²) in [6.07, 6.45) is 0. The molecule has 0 aromatic rings. The molecule has 0 radical (unpaired) electrons. The predicted molar refractivity (Wildman–Crippen MR) is 59.3 cm³/mol. The van der Waals surface area contributed by atoms with Gasteiger partial charge in [-0.3, -0.25) is 0 Å². The second-order valence-electron chi connectivity index (χ2n) is 4.53. The van der Waals surface area contributed by atoms with Gasteiger partial charge in [0.2, 0.25) is 0 Å². The molecule has 0 saturated carbocycles. The summed E-state index contributed by atoms with van der Waals surface area (Å²) in [6, 6.07) is -1.42. The van der Waals surface area contributed by atoms with Gasteiger partial charge in [0.15, 0.2) is 0 Å². The zero-order valence-corrected chi connectivity index (χ0v) is 10.2. The maximum absolute atomic E-state index is 11.3. The number of methoxy groups -OCH3 is 1. The summed E-state index contributed by atoms with van der Waals surface area (Å²) in [5.74, 6) is -1.05. The van der Waals surface area contributed by atoms with Crippen LogP contribution in [0.15, 0.2) is 0 Å². The van der Waals surface area contributed by atoms with Crippen LogP contribution in [0.2, 0.25) is 0 Å². The summed E-state index contributed by atoms with van der Waals surface area (Å²) < 4.78 is 4.75. The maximum atomic E-state index is 11.3. The fourth-order valence-corrected chi connectivity index (χ4v) is 1.10. The van der Waals surface area contributed by atoms with E-state index in [-0.39, 0.29) is 0 Å². The maximum Gasteiger partial charge on any atom is 0.326 e. The SMILES string of the molecule is COCCNC(=O)NC(C(=O)O)C(C)(C)C. The lowest BCUT2D eigenvalue weighted by atomic mass is 9.87. The lowest BCUT2D eigenvalue weighted by molar-refractivity contribution is -0.141. The molecule has 0 rings (SSSR count). The van der Waals surface area contributed by atoms with Gasteiger partial charge in [-0.2, -0.15) is 0 Å². The molecule has 0 spiro atoms. The highest BCUT2D eigenvalue weighted by Crippen LogP contribution is 2.19. The Morgan fingerprint density at radius 3 is 2.31 bits per heavy atom. The summed E-state index contributed by atoms with van der Waals surface area (Å²) >= 11 is 0. The highest BCUT2D eigenvalue weighted by molar-refractivity contribution is 5.83. The van der Waals surface area contributed by atoms with E-state index in [0.717, 1.165) is 0 Å². The first-order valence-corrected chi connectivity index (χ1v) is 5.05. The minimum atomic E-state index is -1.05. The fourth-order valence-electron chi connectivity index (χ4n) is 1.10. The van der Waals surface area contributed by atoms with Gasteiger partial charge in [-0.1, -0.05) is 20.8 Å². The van der Waals surface area contributed by atoms with Gasteiger partial charge in [0.25, 0.3) is 0 Å². The zero-order valence-electron chi connectivity index (χ0n) is 10.2. The van der Waals surface area contributed by atoms with Gasteiger partial charge < -0.3 is 20.5 Å². The van der Waals surface area contributed by atoms with Crippen LogP contribution >= 0.6 is 0 Å². The normalized spacial score (nSPS) is 13.0. The van der Waals surface area contributed by atoms with Crippen molar-refractivity contribution in [3.8, 4) is 0 Å². The number of ether oxygens (including phenoxy) is 1. The smallest absolute Gasteiger partial charge is 0.326 e. The molecule has 2 amide bonds. The second kappa shape index (κ2) is 6.32. The van der Waals surface area contributed by atoms with Crippen molar-refractivity contribution in [2.24, 2.45) is 5.41 Å². The molecule has 0 aliphatic heterocycles. The Labute approximate surface area is 95.4 Å². The molecule has 0 heterocycles. The number of hydrogen-bond donors (Lipinski definition) is 3. The van der Waals surface area contributed by atoms with Crippen LogP contribution in [0.25, 0.3) is 0 Å². The largest absolute Gasteiger partial charge is 0.480 e. The number of aliphatic carboxylic acids is 1. The van der Waals surface area contributed by atoms with Crippen molar-refractivity contribution >= 4 is 12.0 Å². The van der Waals surface area contributed by atoms with E-state index in [2.05, 4.69) is 10.6 Å². The number of amides is 2. The Morgan fingerprint density at radius 1 is 1.38 bits per heavy atom. The number of carboxylic acid groups (broad SMARTS) is 1. The summed E-state index contributed by atoms with van der Waals surface area (Å²) in [4.78, 5) is 22.3. The molecule has 0 aliphatic carbocycles. The Balaban J connectivity index is 4.21. The van der Waals surface area contributed by atoms with Gasteiger partial charge in [-0.15, -0.1) is 0 Å². The molecule has 1 atom stereocenters. The van der Waals surface area contributed by atoms with E-state index in [1.54, 1.807) is 20.8 Å². The standard InChI is InChI=1S/C10H20N2O4/c1-10(2,3)7(8(13)14)12-9(15)11-5-6-16-4/h7H,5-6H2,1-4H3,(H,13,14)(H2,11,12,15). The second-order valence-corrected chi connectivity index (χ2v) is 4.53. The molecule has 0 aromatic heterocycles. The van der Waals surface area contributed by atoms with Crippen LogP contribution in [0.5, 0.6) is 0 Å². The van der Waals surface area contributed by atoms with E-state index in [1.165, 1.54) is 7.11 Å². The molecule has 0 aliphatic rings. The average molecular weight is 232 g/mol. The highest BCUT2D eigenvalue weighted by atomic mass is 16.5. The third-order valence-corrected chi connectivity index (χ3v) is 1.98. The third-order valence-electron chi connectivity index (χ3n) is 1.98. The Bertz CT molecular complexity index is 248. The molecule has 1 unspecified atom stereocenters. The number of urea groups is 1. The van der Waals surface area contributed by atoms with Crippen molar-refractivity contribution in [3.05, 3.63) is 0 Å². The molecular formula is C10H20N2O4. The summed E-state index contributed by atoms with van der Waals surface area (Å²) in [6.45, 7) is 5.99. The third kappa shape index (κ3) is 5.55. The van der Waals surface area contributed by atoms with Crippen molar-refractivity contribution in [1.82, 2.24) is 10.6 Å². The lowest BCUT2D eigenvalue weighted by Gasteiger charge is -2.27. The zero-order chi connectivity index (χ0) is 12.8. The van der Waals surface area contributed by atoms with Gasteiger partial charge in [0.1, 0.15) is 6.04 Å². The van der Waals surface area contributed by atoms with E-state index >= 15 is 0 Å². The Kier molecular flexibility index (Phi) is 5.81. The number of nitrogens with one attached hydrogen (secondary N) is 2. The first-order chi connectivity index (χ1) is 7.29. The van der Waals surface area contributed by atoms with Gasteiger partial charge >= 0.3 is 12.0 Å². The topological polar surface area (TPSA) is 87.7 Å². The predicted octanol–water partition coefficient (Wildman–Crippen LogP) is 0.431. The average Bonchev–Trinajstić information content (AvgIpc) is 2.12. The quantitative estimate of drug-likeness (QED) is 0.600. The van der Waals surface area contributed by atoms with E-state index < -0.39 is 23.5 Å². The van der Waals surface area contributed by atoms with E-state index in [1.807, 2.05) is 0 Å². The monoisotopic (exact) mass is 232 g/mol. The van der Waals surface area contributed by atoms with E-state index in [4.69, 9.17) is 9.84 Å². The van der Waals surface area contributed by atoms with Gasteiger partial charge in [-0.25, -0.2) is 9.59 Å². The number of carboxylic acids is 1. The molecule has 0 fully saturated rings. The lowest BCUT2D eigenvalue weighted by Crippen LogP contribution is -2.52. The number of rotatable bonds is 5. The van der Waals surface area contributed by atoms with Crippen molar-refractivity contribution in [2.75, 3.05) is 20.3 Å². The minimum absolute atomic E-state index is 0.346. The van der Waals surface area contributed by atoms with Gasteiger partial charge in [0.05, 0.1) is 6.61 Å². The molecule has 0 saturated heterocycles. The molecule has 6 nitrogen and oxygen atoms in total. The molecule has 0 aromatic carbocycles. The van der Waals surface area contributed by atoms with Crippen LogP contribution in [0.1, 0.15) is 20.8 Å². The van der Waals surface area contributed by atoms with Crippen LogP contribution in [0.3, 0.4) is 0 Å². The summed E-state index contributed by atoms with van der Waals surface area (Å²) in [7, 11) is 1.52. The van der Waals surface area contributed by atoms with Gasteiger partial charge in [0, 0.05) is 13.7 Å². The Morgan fingerprint density at radius 2 is 1.94 bits per heavy atom. The summed E-state index contributed by atoms with van der Waals surface area (Å²) in [5.41, 5.74) is -0.537. The van der Waals surface area contributed by atoms with Gasteiger partial charge in [-0.05, 0) is 5.41 Å². The first kappa shape index (κ1) is 14.7. The van der Waals surface area contributed by atoms with Crippen LogP contribution in [0.4, 0.5) is 4.79 Å². The molecule has 16 heavy (non-hydrogen) atoms. The Hall–Kier alpha value is -1.30. The number of carbonyl (C=O) groups is 2. The molecule has 3 N–H and O–H groups in total. The van der Waals surface area contributed by atoms with Crippen LogP contribution in [-0.2, 0) is 9.53 Å². The molecular weight excluding hydrogens is 212 g/mol. The van der Waals surface area contributed by atoms with E-state index in [0.29, 0.717) is 13.2 Å².